The highest BCUT2D eigenvalue weighted by Gasteiger charge is 2.41. The van der Waals surface area contributed by atoms with Crippen molar-refractivity contribution in [3.8, 4) is 44.5 Å². The Kier molecular flexibility index (Phi) is 21.9. The molecule has 0 unspecified atom stereocenters. The zero-order valence-electron chi connectivity index (χ0n) is 71.2. The highest BCUT2D eigenvalue weighted by Crippen LogP contribution is 2.57. The van der Waals surface area contributed by atoms with Crippen LogP contribution in [0.15, 0.2) is 273 Å². The predicted octanol–water partition coefficient (Wildman–Crippen LogP) is 32.8. The molecule has 0 saturated heterocycles. The molecule has 0 atom stereocenters. The van der Waals surface area contributed by atoms with Crippen LogP contribution in [0.4, 0.5) is 0 Å². The molecule has 0 heteroatoms. The summed E-state index contributed by atoms with van der Waals surface area (Å²) in [6.07, 6.45) is 19.4. The molecule has 4 aliphatic rings. The molecule has 0 N–H and O–H groups in total. The number of unbranched alkanes of at least 4 members (excludes halogenated alkanes) is 4. The molecule has 14 aromatic rings. The quantitative estimate of drug-likeness (QED) is 0.0752. The van der Waals surface area contributed by atoms with Gasteiger partial charge in [0.15, 0.2) is 0 Å². The fourth-order valence-corrected chi connectivity index (χ4v) is 19.8. The van der Waals surface area contributed by atoms with Gasteiger partial charge in [0.05, 0.1) is 0 Å². The lowest BCUT2D eigenvalue weighted by Crippen LogP contribution is -2.15. The summed E-state index contributed by atoms with van der Waals surface area (Å²) in [7, 11) is 0. The normalized spacial score (nSPS) is 14.8. The molecule has 0 fully saturated rings. The molecule has 4 aliphatic carbocycles. The van der Waals surface area contributed by atoms with Gasteiger partial charge in [-0.05, 0) is 293 Å². The van der Waals surface area contributed by atoms with E-state index < -0.39 is 0 Å². The number of allylic oxidation sites excluding steroid dienone is 5. The Balaban J connectivity index is 0.000000120. The number of fused-ring (bicyclic) bond motifs is 20. The zero-order chi connectivity index (χ0) is 80.1. The van der Waals surface area contributed by atoms with Gasteiger partial charge in [-0.25, -0.2) is 0 Å². The fourth-order valence-electron chi connectivity index (χ4n) is 19.8. The van der Waals surface area contributed by atoms with Crippen LogP contribution in [-0.4, -0.2) is 0 Å². The lowest BCUT2D eigenvalue weighted by molar-refractivity contribution is 0.659. The Morgan fingerprint density at radius 2 is 0.693 bits per heavy atom. The number of hydrogen-bond donors (Lipinski definition) is 0. The number of aryl methyl sites for hydroxylation is 4. The van der Waals surface area contributed by atoms with Gasteiger partial charge in [0.25, 0.3) is 0 Å². The predicted molar refractivity (Wildman–Crippen MR) is 500 cm³/mol. The molecule has 0 nitrogen and oxygen atoms in total. The molecular formula is C114H116. The average molecular weight is 1490 g/mol. The van der Waals surface area contributed by atoms with Gasteiger partial charge < -0.3 is 0 Å². The lowest BCUT2D eigenvalue weighted by atomic mass is 9.80. The van der Waals surface area contributed by atoms with Crippen molar-refractivity contribution in [2.75, 3.05) is 0 Å². The Morgan fingerprint density at radius 1 is 0.307 bits per heavy atom. The van der Waals surface area contributed by atoms with E-state index in [-0.39, 0.29) is 21.7 Å². The monoisotopic (exact) mass is 1480 g/mol. The van der Waals surface area contributed by atoms with Crippen molar-refractivity contribution in [3.63, 3.8) is 0 Å². The van der Waals surface area contributed by atoms with Gasteiger partial charge in [-0.1, -0.05) is 373 Å². The van der Waals surface area contributed by atoms with Crippen molar-refractivity contribution >= 4 is 72.0 Å². The molecule has 0 aromatic heterocycles. The summed E-state index contributed by atoms with van der Waals surface area (Å²) >= 11 is 0. The van der Waals surface area contributed by atoms with E-state index in [1.165, 1.54) is 261 Å². The second kappa shape index (κ2) is 31.8. The Hall–Kier alpha value is -10.9. The Labute approximate surface area is 682 Å². The third-order valence-corrected chi connectivity index (χ3v) is 26.1. The van der Waals surface area contributed by atoms with Crippen molar-refractivity contribution in [2.45, 2.75) is 198 Å². The van der Waals surface area contributed by atoms with Gasteiger partial charge in [0, 0.05) is 21.7 Å². The molecule has 114 heavy (non-hydrogen) atoms. The van der Waals surface area contributed by atoms with E-state index in [2.05, 4.69) is 404 Å². The average Bonchev–Trinajstić information content (AvgIpc) is 1.52. The van der Waals surface area contributed by atoms with Crippen LogP contribution in [0, 0.1) is 27.7 Å². The minimum absolute atomic E-state index is 0.00393. The lowest BCUT2D eigenvalue weighted by Gasteiger charge is -2.23. The largest absolute Gasteiger partial charge is 0.0838 e. The van der Waals surface area contributed by atoms with Gasteiger partial charge in [0.2, 0.25) is 0 Å². The van der Waals surface area contributed by atoms with Crippen LogP contribution >= 0.6 is 0 Å². The third-order valence-electron chi connectivity index (χ3n) is 26.1. The van der Waals surface area contributed by atoms with Gasteiger partial charge >= 0.3 is 0 Å². The van der Waals surface area contributed by atoms with E-state index >= 15 is 0 Å². The summed E-state index contributed by atoms with van der Waals surface area (Å²) < 4.78 is 0. The topological polar surface area (TPSA) is 0 Å². The Morgan fingerprint density at radius 3 is 1.18 bits per heavy atom. The highest BCUT2D eigenvalue weighted by atomic mass is 14.4. The first-order valence-corrected chi connectivity index (χ1v) is 42.4. The number of hydrogen-bond acceptors (Lipinski definition) is 0. The highest BCUT2D eigenvalue weighted by molar-refractivity contribution is 6.10. The molecule has 572 valence electrons. The summed E-state index contributed by atoms with van der Waals surface area (Å²) in [5, 5.41) is 11.0. The van der Waals surface area contributed by atoms with Crippen LogP contribution in [0.25, 0.3) is 116 Å². The van der Waals surface area contributed by atoms with Gasteiger partial charge in [-0.3, -0.25) is 0 Å². The first-order chi connectivity index (χ1) is 54.9. The molecule has 0 bridgehead atoms. The molecule has 0 heterocycles. The SMILES string of the molecule is CC(=Cc1ccc2c(c1)C(C)(C)c1cc(C)c3ccccc3c1-2)c1ccccc1.CC=C(CCCCC)c1cc2c(c3ccccc13)-c1ccc(C)cc1C2(C)C.CC=C(c1ccccc1)c1ccc2c(c1)C(C)(C)c1cc(C)c3ccccc3c1-2.CCCCCC(C)=Cc1cc2c(c3ccccc13)-c1ccc(C)cc1C2(C)C. The van der Waals surface area contributed by atoms with Gasteiger partial charge in [0.1, 0.15) is 0 Å². The number of rotatable bonds is 14. The minimum atomic E-state index is -0.00892. The molecule has 0 amide bonds. The van der Waals surface area contributed by atoms with E-state index in [1.807, 2.05) is 0 Å². The standard InChI is InChI=1S/2C29H26.2C28H32/c1-19(22-10-6-5-7-11-22)16-21-14-15-25-26(18-21)29(3,4)27-17-20(2)23-12-8-9-13-24(23)28(25)27;1-5-22(20-11-7-6-8-12-20)21-15-16-25-26(18-21)29(3,4)27-17-19(2)23-13-9-10-14-24(23)28(25)27;1-6-7-8-11-19(2)16-21-18-26-27(23-13-10-9-12-22(21)23)24-15-14-20(3)17-25(24)28(26,4)5;1-6-8-9-12-20(7-2)24-18-26-27(22-14-11-10-13-21(22)24)23-16-15-19(3)17-25(23)28(26,4)5/h2*5-18H,1-4H3;9-10,12-18H,6-8,11H2,1-5H3;7,10-11,13-18H,6,8-9,12H2,1-5H3. The zero-order valence-corrected chi connectivity index (χ0v) is 71.2. The molecule has 0 spiro atoms. The summed E-state index contributed by atoms with van der Waals surface area (Å²) in [5.74, 6) is 0. The van der Waals surface area contributed by atoms with Gasteiger partial charge in [-0.15, -0.1) is 0 Å². The van der Waals surface area contributed by atoms with Crippen LogP contribution in [0.2, 0.25) is 0 Å². The summed E-state index contributed by atoms with van der Waals surface area (Å²) in [5.41, 5.74) is 41.9. The molecule has 0 radical (unpaired) electrons. The van der Waals surface area contributed by atoms with E-state index in [4.69, 9.17) is 0 Å². The summed E-state index contributed by atoms with van der Waals surface area (Å²) in [4.78, 5) is 0. The molecule has 18 rings (SSSR count). The van der Waals surface area contributed by atoms with E-state index in [1.54, 1.807) is 0 Å². The van der Waals surface area contributed by atoms with Crippen molar-refractivity contribution in [1.29, 1.82) is 0 Å². The van der Waals surface area contributed by atoms with Crippen LogP contribution < -0.4 is 0 Å². The third kappa shape index (κ3) is 14.2. The van der Waals surface area contributed by atoms with Crippen LogP contribution in [0.5, 0.6) is 0 Å². The van der Waals surface area contributed by atoms with Crippen LogP contribution in [0.3, 0.4) is 0 Å². The summed E-state index contributed by atoms with van der Waals surface area (Å²) in [6, 6.07) is 94.7. The van der Waals surface area contributed by atoms with E-state index in [9.17, 15) is 0 Å². The van der Waals surface area contributed by atoms with E-state index in [0.29, 0.717) is 0 Å². The Bertz CT molecular complexity index is 6180. The van der Waals surface area contributed by atoms with Crippen LogP contribution in [0.1, 0.15) is 248 Å². The van der Waals surface area contributed by atoms with Crippen molar-refractivity contribution in [1.82, 2.24) is 0 Å². The fraction of sp³-hybridized carbons (Fsp3) is 0.263. The first kappa shape index (κ1) is 78.4. The molecule has 14 aromatic carbocycles. The van der Waals surface area contributed by atoms with Crippen molar-refractivity contribution in [2.24, 2.45) is 0 Å². The maximum absolute atomic E-state index is 2.51. The van der Waals surface area contributed by atoms with Crippen LogP contribution in [-0.2, 0) is 21.7 Å². The van der Waals surface area contributed by atoms with E-state index in [0.717, 1.165) is 0 Å². The van der Waals surface area contributed by atoms with Gasteiger partial charge in [-0.2, -0.15) is 0 Å². The molecular weight excluding hydrogens is 1370 g/mol. The first-order valence-electron chi connectivity index (χ1n) is 42.4. The van der Waals surface area contributed by atoms with Crippen molar-refractivity contribution < 1.29 is 0 Å². The summed E-state index contributed by atoms with van der Waals surface area (Å²) in [6.45, 7) is 41.3. The second-order valence-electron chi connectivity index (χ2n) is 35.3. The number of benzene rings is 14. The van der Waals surface area contributed by atoms with Crippen molar-refractivity contribution in [3.05, 3.63) is 373 Å². The maximum atomic E-state index is 2.51. The molecule has 0 aliphatic heterocycles. The minimum Gasteiger partial charge on any atom is -0.0838 e. The maximum Gasteiger partial charge on any atom is 0.0159 e. The molecule has 0 saturated carbocycles. The smallest absolute Gasteiger partial charge is 0.0159 e. The second-order valence-corrected chi connectivity index (χ2v) is 35.3.